The van der Waals surface area contributed by atoms with Crippen molar-refractivity contribution in [2.45, 2.75) is 44.8 Å². The number of hydrogen-bond acceptors (Lipinski definition) is 5. The third-order valence-electron chi connectivity index (χ3n) is 6.44. The van der Waals surface area contributed by atoms with Gasteiger partial charge < -0.3 is 19.7 Å². The minimum absolute atomic E-state index is 0.0879. The van der Waals surface area contributed by atoms with Crippen LogP contribution in [0.15, 0.2) is 51.7 Å². The van der Waals surface area contributed by atoms with E-state index in [1.165, 1.54) is 12.1 Å². The molecule has 1 unspecified atom stereocenters. The molecule has 0 spiro atoms. The van der Waals surface area contributed by atoms with Crippen LogP contribution in [0.1, 0.15) is 59.0 Å². The molecule has 36 heavy (non-hydrogen) atoms. The number of carbonyl (C=O) groups is 2. The highest BCUT2D eigenvalue weighted by Gasteiger charge is 2.43. The predicted molar refractivity (Wildman–Crippen MR) is 127 cm³/mol. The van der Waals surface area contributed by atoms with Gasteiger partial charge in [-0.3, -0.25) is 9.59 Å². The van der Waals surface area contributed by atoms with Crippen molar-refractivity contribution in [2.75, 3.05) is 18.4 Å². The molecule has 3 aromatic rings. The van der Waals surface area contributed by atoms with Gasteiger partial charge in [0.1, 0.15) is 11.3 Å². The zero-order valence-corrected chi connectivity index (χ0v) is 19.7. The lowest BCUT2D eigenvalue weighted by molar-refractivity contribution is -0.186. The molecule has 0 bridgehead atoms. The fourth-order valence-corrected chi connectivity index (χ4v) is 4.63. The molecule has 4 rings (SSSR count). The van der Waals surface area contributed by atoms with Crippen LogP contribution in [0.3, 0.4) is 0 Å². The molecule has 1 saturated heterocycles. The summed E-state index contributed by atoms with van der Waals surface area (Å²) in [6.07, 6.45) is -4.45. The number of likely N-dealkylation sites (tertiary alicyclic amines) is 1. The van der Waals surface area contributed by atoms with Crippen LogP contribution in [-0.4, -0.2) is 41.1 Å². The molecule has 1 aliphatic rings. The van der Waals surface area contributed by atoms with Crippen LogP contribution in [0.25, 0.3) is 11.0 Å². The lowest BCUT2D eigenvalue weighted by Crippen LogP contribution is -2.45. The fourth-order valence-electron chi connectivity index (χ4n) is 4.63. The van der Waals surface area contributed by atoms with E-state index in [-0.39, 0.29) is 42.8 Å². The number of para-hydroxylation sites is 1. The number of amides is 1. The number of aryl methyl sites for hydroxylation is 1. The van der Waals surface area contributed by atoms with Gasteiger partial charge in [0.25, 0.3) is 0 Å². The second-order valence-electron chi connectivity index (χ2n) is 9.02. The number of carboxylic acids is 1. The summed E-state index contributed by atoms with van der Waals surface area (Å²) in [7, 11) is 0. The molecule has 2 heterocycles. The third-order valence-corrected chi connectivity index (χ3v) is 6.44. The molecule has 0 radical (unpaired) electrons. The normalized spacial score (nSPS) is 15.6. The highest BCUT2D eigenvalue weighted by Crippen LogP contribution is 2.34. The summed E-state index contributed by atoms with van der Waals surface area (Å²) in [5.74, 6) is -2.90. The summed E-state index contributed by atoms with van der Waals surface area (Å²) >= 11 is 0. The molecule has 1 atom stereocenters. The average molecular weight is 502 g/mol. The van der Waals surface area contributed by atoms with Gasteiger partial charge in [-0.05, 0) is 50.5 Å². The molecule has 1 aromatic heterocycles. The van der Waals surface area contributed by atoms with Crippen molar-refractivity contribution in [1.82, 2.24) is 4.90 Å². The molecule has 190 valence electrons. The van der Waals surface area contributed by atoms with E-state index in [9.17, 15) is 32.7 Å². The maximum Gasteiger partial charge on any atom is 0.471 e. The first-order valence-electron chi connectivity index (χ1n) is 11.5. The molecule has 1 aliphatic heterocycles. The second-order valence-corrected chi connectivity index (χ2v) is 9.02. The van der Waals surface area contributed by atoms with Gasteiger partial charge in [-0.1, -0.05) is 18.2 Å². The topological polar surface area (TPSA) is 99.8 Å². The van der Waals surface area contributed by atoms with Crippen molar-refractivity contribution in [2.24, 2.45) is 0 Å². The van der Waals surface area contributed by atoms with Crippen molar-refractivity contribution in [3.05, 3.63) is 75.1 Å². The van der Waals surface area contributed by atoms with E-state index in [0.29, 0.717) is 28.0 Å². The molecule has 7 nitrogen and oxygen atoms in total. The number of benzene rings is 2. The van der Waals surface area contributed by atoms with Crippen molar-refractivity contribution in [1.29, 1.82) is 0 Å². The number of nitrogens with one attached hydrogen (secondary N) is 1. The Kier molecular flexibility index (Phi) is 6.79. The Balaban J connectivity index is 1.66. The number of piperidine rings is 1. The molecule has 2 aromatic carbocycles. The maximum absolute atomic E-state index is 13.0. The van der Waals surface area contributed by atoms with Gasteiger partial charge in [-0.25, -0.2) is 4.79 Å². The standard InChI is InChI=1S/C26H25F3N2O5/c1-14-11-18(15(2)30-20-6-4-3-5-17(20)24(33)34)23-19(12-14)21(32)13-22(36-23)16-7-9-31(10-8-16)25(35)26(27,28)29/h3-6,11-13,15-16,30H,7-10H2,1-2H3,(H,33,34). The van der Waals surface area contributed by atoms with Crippen LogP contribution in [-0.2, 0) is 4.79 Å². The van der Waals surface area contributed by atoms with Crippen LogP contribution in [0, 0.1) is 6.92 Å². The molecule has 2 N–H and O–H groups in total. The predicted octanol–water partition coefficient (Wildman–Crippen LogP) is 5.24. The van der Waals surface area contributed by atoms with E-state index >= 15 is 0 Å². The Morgan fingerprint density at radius 2 is 1.81 bits per heavy atom. The van der Waals surface area contributed by atoms with E-state index in [1.54, 1.807) is 24.3 Å². The maximum atomic E-state index is 13.0. The number of nitrogens with zero attached hydrogens (tertiary/aromatic N) is 1. The largest absolute Gasteiger partial charge is 0.478 e. The van der Waals surface area contributed by atoms with Gasteiger partial charge in [0.2, 0.25) is 0 Å². The van der Waals surface area contributed by atoms with Gasteiger partial charge in [-0.15, -0.1) is 0 Å². The van der Waals surface area contributed by atoms with Crippen molar-refractivity contribution in [3.8, 4) is 0 Å². The first-order valence-corrected chi connectivity index (χ1v) is 11.5. The number of hydrogen-bond donors (Lipinski definition) is 2. The van der Waals surface area contributed by atoms with Gasteiger partial charge in [-0.2, -0.15) is 13.2 Å². The summed E-state index contributed by atoms with van der Waals surface area (Å²) in [5, 5.41) is 13.0. The van der Waals surface area contributed by atoms with Crippen LogP contribution in [0.4, 0.5) is 18.9 Å². The van der Waals surface area contributed by atoms with Gasteiger partial charge in [0, 0.05) is 36.3 Å². The molecule has 0 saturated carbocycles. The number of anilines is 1. The van der Waals surface area contributed by atoms with Gasteiger partial charge in [0.05, 0.1) is 17.0 Å². The van der Waals surface area contributed by atoms with E-state index in [1.807, 2.05) is 19.9 Å². The van der Waals surface area contributed by atoms with E-state index in [2.05, 4.69) is 5.32 Å². The number of alkyl halides is 3. The first-order chi connectivity index (χ1) is 17.0. The van der Waals surface area contributed by atoms with Crippen LogP contribution < -0.4 is 10.7 Å². The Bertz CT molecular complexity index is 1370. The first kappa shape index (κ1) is 25.3. The fraction of sp³-hybridized carbons (Fsp3) is 0.346. The number of halogens is 3. The summed E-state index contributed by atoms with van der Waals surface area (Å²) in [4.78, 5) is 36.9. The van der Waals surface area contributed by atoms with Crippen LogP contribution in [0.5, 0.6) is 0 Å². The molecular formula is C26H25F3N2O5. The Labute approximate surface area is 204 Å². The number of carbonyl (C=O) groups excluding carboxylic acids is 1. The van der Waals surface area contributed by atoms with E-state index in [4.69, 9.17) is 4.42 Å². The summed E-state index contributed by atoms with van der Waals surface area (Å²) in [6.45, 7) is 3.48. The van der Waals surface area contributed by atoms with Gasteiger partial charge in [0.15, 0.2) is 5.43 Å². The molecule has 1 amide bonds. The second kappa shape index (κ2) is 9.67. The average Bonchev–Trinajstić information content (AvgIpc) is 2.83. The van der Waals surface area contributed by atoms with Crippen molar-refractivity contribution < 1.29 is 32.3 Å². The quantitative estimate of drug-likeness (QED) is 0.495. The number of fused-ring (bicyclic) bond motifs is 1. The molecule has 10 heteroatoms. The van der Waals surface area contributed by atoms with Gasteiger partial charge >= 0.3 is 18.1 Å². The minimum Gasteiger partial charge on any atom is -0.478 e. The number of carboxylic acid groups (broad SMARTS) is 1. The number of aromatic carboxylic acids is 1. The van der Waals surface area contributed by atoms with E-state index in [0.717, 1.165) is 10.5 Å². The van der Waals surface area contributed by atoms with E-state index < -0.39 is 24.1 Å². The molecule has 1 fully saturated rings. The minimum atomic E-state index is -4.92. The lowest BCUT2D eigenvalue weighted by Gasteiger charge is -2.32. The SMILES string of the molecule is Cc1cc(C(C)Nc2ccccc2C(=O)O)c2oc(C3CCN(C(=O)C(F)(F)F)CC3)cc(=O)c2c1. The lowest BCUT2D eigenvalue weighted by atomic mass is 9.93. The van der Waals surface area contributed by atoms with Crippen LogP contribution >= 0.6 is 0 Å². The Morgan fingerprint density at radius 3 is 2.44 bits per heavy atom. The summed E-state index contributed by atoms with van der Waals surface area (Å²) in [5.41, 5.74) is 2.04. The summed E-state index contributed by atoms with van der Waals surface area (Å²) < 4.78 is 44.5. The Morgan fingerprint density at radius 1 is 1.14 bits per heavy atom. The van der Waals surface area contributed by atoms with Crippen molar-refractivity contribution in [3.63, 3.8) is 0 Å². The smallest absolute Gasteiger partial charge is 0.471 e. The molecular weight excluding hydrogens is 477 g/mol. The number of rotatable bonds is 5. The zero-order valence-electron chi connectivity index (χ0n) is 19.7. The summed E-state index contributed by atoms with van der Waals surface area (Å²) in [6, 6.07) is 11.0. The highest BCUT2D eigenvalue weighted by atomic mass is 19.4. The van der Waals surface area contributed by atoms with Crippen LogP contribution in [0.2, 0.25) is 0 Å². The third kappa shape index (κ3) is 5.07. The Hall–Kier alpha value is -3.82. The highest BCUT2D eigenvalue weighted by molar-refractivity contribution is 5.94. The van der Waals surface area contributed by atoms with Crippen molar-refractivity contribution >= 4 is 28.5 Å². The monoisotopic (exact) mass is 502 g/mol. The zero-order chi connectivity index (χ0) is 26.2. The molecule has 0 aliphatic carbocycles.